The van der Waals surface area contributed by atoms with E-state index in [9.17, 15) is 4.79 Å². The van der Waals surface area contributed by atoms with Crippen molar-refractivity contribution in [3.05, 3.63) is 56.3 Å². The number of benzene rings is 1. The maximum atomic E-state index is 12.2. The van der Waals surface area contributed by atoms with E-state index in [0.717, 1.165) is 24.1 Å². The number of aryl methyl sites for hydroxylation is 1. The Morgan fingerprint density at radius 2 is 1.91 bits per heavy atom. The van der Waals surface area contributed by atoms with Crippen molar-refractivity contribution in [1.82, 2.24) is 10.4 Å². The molecule has 1 aromatic heterocycles. The van der Waals surface area contributed by atoms with E-state index in [2.05, 4.69) is 15.5 Å². The number of aromatic nitrogens is 1. The minimum Gasteiger partial charge on any atom is -0.396 e. The van der Waals surface area contributed by atoms with E-state index in [1.807, 2.05) is 24.3 Å². The van der Waals surface area contributed by atoms with Crippen molar-refractivity contribution in [1.29, 1.82) is 0 Å². The van der Waals surface area contributed by atoms with Gasteiger partial charge in [-0.25, -0.2) is 10.4 Å². The van der Waals surface area contributed by atoms with Gasteiger partial charge in [0.15, 0.2) is 10.8 Å². The highest BCUT2D eigenvalue weighted by Gasteiger charge is 2.21. The van der Waals surface area contributed by atoms with Gasteiger partial charge in [0.05, 0.1) is 16.4 Å². The molecule has 1 aliphatic rings. The van der Waals surface area contributed by atoms with Crippen molar-refractivity contribution in [3.63, 3.8) is 0 Å². The summed E-state index contributed by atoms with van der Waals surface area (Å²) in [5.74, 6) is -0.600. The molecule has 0 spiro atoms. The number of fused-ring (bicyclic) bond motifs is 1. The van der Waals surface area contributed by atoms with Crippen molar-refractivity contribution in [2.75, 3.05) is 5.73 Å². The molecule has 3 N–H and O–H groups in total. The van der Waals surface area contributed by atoms with Gasteiger partial charge in [0, 0.05) is 5.56 Å². The molecule has 2 aromatic rings. The molecule has 0 atom stereocenters. The van der Waals surface area contributed by atoms with Crippen molar-refractivity contribution in [2.45, 2.75) is 12.8 Å². The Balaban J connectivity index is 1.86. The molecule has 0 fully saturated rings. The predicted molar refractivity (Wildman–Crippen MR) is 92.4 cm³/mol. The summed E-state index contributed by atoms with van der Waals surface area (Å²) in [5, 5.41) is 4.05. The molecule has 0 unspecified atom stereocenters. The smallest absolute Gasteiger partial charge is 0.291 e. The zero-order valence-corrected chi connectivity index (χ0v) is 14.0. The Morgan fingerprint density at radius 1 is 1.17 bits per heavy atom. The summed E-state index contributed by atoms with van der Waals surface area (Å²) in [4.78, 5) is 16.1. The monoisotopic (exact) mass is 368 g/mol. The Hall–Kier alpha value is -1.82. The SMILES string of the molecule is Nc1c(Cl)c(Cl)nc(C(=O)N/N=C2\CCc3ccccc32)c1Cl. The van der Waals surface area contributed by atoms with Crippen LogP contribution in [0.25, 0.3) is 0 Å². The molecular formula is C15H11Cl3N4O. The van der Waals surface area contributed by atoms with Gasteiger partial charge in [-0.3, -0.25) is 4.79 Å². The third-order valence-corrected chi connectivity index (χ3v) is 4.67. The van der Waals surface area contributed by atoms with E-state index in [4.69, 9.17) is 40.5 Å². The fraction of sp³-hybridized carbons (Fsp3) is 0.133. The first-order valence-corrected chi connectivity index (χ1v) is 7.87. The molecule has 118 valence electrons. The van der Waals surface area contributed by atoms with E-state index >= 15 is 0 Å². The van der Waals surface area contributed by atoms with Crippen LogP contribution in [0.1, 0.15) is 28.0 Å². The van der Waals surface area contributed by atoms with Crippen LogP contribution in [-0.2, 0) is 6.42 Å². The first-order chi connectivity index (χ1) is 11.0. The molecular weight excluding hydrogens is 359 g/mol. The zero-order chi connectivity index (χ0) is 16.6. The first kappa shape index (κ1) is 16.1. The number of carbonyl (C=O) groups excluding carboxylic acids is 1. The number of carbonyl (C=O) groups is 1. The van der Waals surface area contributed by atoms with E-state index in [1.54, 1.807) is 0 Å². The van der Waals surface area contributed by atoms with Crippen LogP contribution >= 0.6 is 34.8 Å². The number of nitrogens with two attached hydrogens (primary N) is 1. The Kier molecular flexibility index (Phi) is 4.43. The van der Waals surface area contributed by atoms with E-state index < -0.39 is 5.91 Å². The quantitative estimate of drug-likeness (QED) is 0.625. The van der Waals surface area contributed by atoms with Gasteiger partial charge in [-0.2, -0.15) is 5.10 Å². The summed E-state index contributed by atoms with van der Waals surface area (Å²) >= 11 is 17.7. The molecule has 5 nitrogen and oxygen atoms in total. The number of hydrazone groups is 1. The van der Waals surface area contributed by atoms with Gasteiger partial charge in [-0.05, 0) is 18.4 Å². The topological polar surface area (TPSA) is 80.4 Å². The molecule has 1 amide bonds. The summed E-state index contributed by atoms with van der Waals surface area (Å²) in [5.41, 5.74) is 11.1. The number of hydrogen-bond acceptors (Lipinski definition) is 4. The van der Waals surface area contributed by atoms with Crippen LogP contribution in [-0.4, -0.2) is 16.6 Å². The van der Waals surface area contributed by atoms with Crippen molar-refractivity contribution in [3.8, 4) is 0 Å². The summed E-state index contributed by atoms with van der Waals surface area (Å²) in [6.07, 6.45) is 1.65. The van der Waals surface area contributed by atoms with Crippen LogP contribution in [0.3, 0.4) is 0 Å². The lowest BCUT2D eigenvalue weighted by molar-refractivity contribution is 0.0950. The van der Waals surface area contributed by atoms with Gasteiger partial charge < -0.3 is 5.73 Å². The average Bonchev–Trinajstić information content (AvgIpc) is 2.97. The fourth-order valence-electron chi connectivity index (χ4n) is 2.38. The predicted octanol–water partition coefficient (Wildman–Crippen LogP) is 3.70. The molecule has 1 heterocycles. The number of rotatable bonds is 2. The summed E-state index contributed by atoms with van der Waals surface area (Å²) in [7, 11) is 0. The van der Waals surface area contributed by atoms with Crippen LogP contribution in [0, 0.1) is 0 Å². The van der Waals surface area contributed by atoms with Crippen LogP contribution in [0.15, 0.2) is 29.4 Å². The molecule has 1 aromatic carbocycles. The average molecular weight is 370 g/mol. The highest BCUT2D eigenvalue weighted by atomic mass is 35.5. The summed E-state index contributed by atoms with van der Waals surface area (Å²) in [6, 6.07) is 7.91. The second-order valence-electron chi connectivity index (χ2n) is 4.95. The molecule has 0 saturated heterocycles. The van der Waals surface area contributed by atoms with Crippen LogP contribution in [0.4, 0.5) is 5.69 Å². The fourth-order valence-corrected chi connectivity index (χ4v) is 2.97. The maximum Gasteiger partial charge on any atom is 0.291 e. The zero-order valence-electron chi connectivity index (χ0n) is 11.7. The number of halogens is 3. The Bertz CT molecular complexity index is 836. The van der Waals surface area contributed by atoms with Crippen molar-refractivity contribution in [2.24, 2.45) is 5.10 Å². The number of hydrogen-bond donors (Lipinski definition) is 2. The number of anilines is 1. The Labute approximate surface area is 147 Å². The highest BCUT2D eigenvalue weighted by Crippen LogP contribution is 2.34. The van der Waals surface area contributed by atoms with E-state index in [1.165, 1.54) is 5.56 Å². The van der Waals surface area contributed by atoms with Gasteiger partial charge in [0.25, 0.3) is 5.91 Å². The normalized spacial score (nSPS) is 14.8. The summed E-state index contributed by atoms with van der Waals surface area (Å²) < 4.78 is 0. The third kappa shape index (κ3) is 3.00. The summed E-state index contributed by atoms with van der Waals surface area (Å²) in [6.45, 7) is 0. The standard InChI is InChI=1S/C15H11Cl3N4O/c16-10-12(19)11(17)14(18)20-13(10)15(23)22-21-9-6-5-7-3-1-2-4-8(7)9/h1-4H,5-6H2,(H2,19,20)(H,22,23)/b21-9+. The van der Waals surface area contributed by atoms with Gasteiger partial charge >= 0.3 is 0 Å². The second-order valence-corrected chi connectivity index (χ2v) is 6.06. The van der Waals surface area contributed by atoms with Crippen LogP contribution < -0.4 is 11.2 Å². The molecule has 0 bridgehead atoms. The number of nitrogen functional groups attached to an aromatic ring is 1. The van der Waals surface area contributed by atoms with Crippen LogP contribution in [0.2, 0.25) is 15.2 Å². The largest absolute Gasteiger partial charge is 0.396 e. The van der Waals surface area contributed by atoms with Crippen LogP contribution in [0.5, 0.6) is 0 Å². The molecule has 0 aliphatic heterocycles. The number of amides is 1. The van der Waals surface area contributed by atoms with E-state index in [0.29, 0.717) is 0 Å². The lowest BCUT2D eigenvalue weighted by atomic mass is 10.1. The molecule has 8 heteroatoms. The number of nitrogens with zero attached hydrogens (tertiary/aromatic N) is 2. The minimum absolute atomic E-state index is 0.0114. The molecule has 0 radical (unpaired) electrons. The maximum absolute atomic E-state index is 12.2. The van der Waals surface area contributed by atoms with Crippen molar-refractivity contribution < 1.29 is 4.79 Å². The van der Waals surface area contributed by atoms with Crippen molar-refractivity contribution >= 4 is 52.1 Å². The van der Waals surface area contributed by atoms with Gasteiger partial charge in [0.1, 0.15) is 5.02 Å². The second kappa shape index (κ2) is 6.35. The molecule has 0 saturated carbocycles. The third-order valence-electron chi connectivity index (χ3n) is 3.54. The molecule has 23 heavy (non-hydrogen) atoms. The lowest BCUT2D eigenvalue weighted by Gasteiger charge is -2.08. The Morgan fingerprint density at radius 3 is 2.70 bits per heavy atom. The minimum atomic E-state index is -0.600. The number of nitrogens with one attached hydrogen (secondary N) is 1. The lowest BCUT2D eigenvalue weighted by Crippen LogP contribution is -2.21. The van der Waals surface area contributed by atoms with Gasteiger partial charge in [-0.15, -0.1) is 0 Å². The molecule has 1 aliphatic carbocycles. The number of pyridine rings is 1. The molecule has 3 rings (SSSR count). The van der Waals surface area contributed by atoms with Gasteiger partial charge in [-0.1, -0.05) is 59.1 Å². The van der Waals surface area contributed by atoms with E-state index in [-0.39, 0.29) is 26.6 Å². The van der Waals surface area contributed by atoms with Gasteiger partial charge in [0.2, 0.25) is 0 Å². The first-order valence-electron chi connectivity index (χ1n) is 6.74. The highest BCUT2D eigenvalue weighted by molar-refractivity contribution is 6.46.